The molecule has 4 aromatic rings. The minimum Gasteiger partial charge on any atom is -0.445 e. The van der Waals surface area contributed by atoms with E-state index in [4.69, 9.17) is 4.74 Å². The lowest BCUT2D eigenvalue weighted by atomic mass is 9.99. The van der Waals surface area contributed by atoms with Gasteiger partial charge in [0.05, 0.1) is 10.5 Å². The fourth-order valence-electron chi connectivity index (χ4n) is 4.33. The fraction of sp³-hybridized carbons (Fsp3) is 0.185. The predicted octanol–water partition coefficient (Wildman–Crippen LogP) is 4.73. The number of esters is 1. The van der Waals surface area contributed by atoms with E-state index in [0.717, 1.165) is 23.7 Å². The van der Waals surface area contributed by atoms with Crippen LogP contribution in [0.4, 0.5) is 0 Å². The third kappa shape index (κ3) is 4.50. The predicted molar refractivity (Wildman–Crippen MR) is 132 cm³/mol. The van der Waals surface area contributed by atoms with E-state index < -0.39 is 22.1 Å². The minimum absolute atomic E-state index is 0.130. The van der Waals surface area contributed by atoms with Gasteiger partial charge in [0.25, 0.3) is 0 Å². The van der Waals surface area contributed by atoms with E-state index in [-0.39, 0.29) is 16.2 Å². The lowest BCUT2D eigenvalue weighted by molar-refractivity contribution is 0.0280. The van der Waals surface area contributed by atoms with Gasteiger partial charge in [-0.05, 0) is 43.2 Å². The summed E-state index contributed by atoms with van der Waals surface area (Å²) >= 11 is 0. The van der Waals surface area contributed by atoms with Crippen LogP contribution in [0.15, 0.2) is 90.0 Å². The number of para-hydroxylation sites is 1. The number of carbonyl (C=O) groups is 2. The summed E-state index contributed by atoms with van der Waals surface area (Å²) in [5.74, 6) is -1.06. The van der Waals surface area contributed by atoms with Gasteiger partial charge in [0.2, 0.25) is 15.8 Å². The third-order valence-corrected chi connectivity index (χ3v) is 8.13. The first kappa shape index (κ1) is 23.0. The van der Waals surface area contributed by atoms with Gasteiger partial charge in [0, 0.05) is 41.3 Å². The number of rotatable bonds is 7. The molecular formula is C27H24N2O5S. The van der Waals surface area contributed by atoms with Crippen molar-refractivity contribution in [2.45, 2.75) is 23.8 Å². The summed E-state index contributed by atoms with van der Waals surface area (Å²) in [7, 11) is -3.59. The van der Waals surface area contributed by atoms with Crippen LogP contribution >= 0.6 is 0 Å². The number of Topliss-reactive ketones (excluding diaryl/α,β-unsaturated/α-hetero) is 1. The summed E-state index contributed by atoms with van der Waals surface area (Å²) in [5.41, 5.74) is 1.94. The number of benzene rings is 3. The van der Waals surface area contributed by atoms with Crippen molar-refractivity contribution in [1.29, 1.82) is 0 Å². The van der Waals surface area contributed by atoms with E-state index >= 15 is 0 Å². The summed E-state index contributed by atoms with van der Waals surface area (Å²) in [4.78, 5) is 29.8. The Labute approximate surface area is 203 Å². The third-order valence-electron chi connectivity index (χ3n) is 6.21. The Kier molecular flexibility index (Phi) is 6.23. The number of carbonyl (C=O) groups excluding carboxylic acids is 2. The van der Waals surface area contributed by atoms with Crippen LogP contribution < -0.4 is 0 Å². The maximum Gasteiger partial charge on any atom is 0.339 e. The molecule has 1 N–H and O–H groups in total. The van der Waals surface area contributed by atoms with Crippen molar-refractivity contribution in [3.05, 3.63) is 102 Å². The number of sulfonamides is 1. The van der Waals surface area contributed by atoms with Gasteiger partial charge >= 0.3 is 5.97 Å². The van der Waals surface area contributed by atoms with Gasteiger partial charge in [-0.3, -0.25) is 4.79 Å². The topological polar surface area (TPSA) is 96.5 Å². The molecule has 5 rings (SSSR count). The van der Waals surface area contributed by atoms with Crippen LogP contribution in [-0.4, -0.2) is 42.5 Å². The number of aromatic amines is 1. The molecule has 0 saturated carbocycles. The van der Waals surface area contributed by atoms with Gasteiger partial charge in [-0.1, -0.05) is 48.5 Å². The molecule has 3 aromatic carbocycles. The molecule has 0 unspecified atom stereocenters. The van der Waals surface area contributed by atoms with Gasteiger partial charge in [-0.25, -0.2) is 13.2 Å². The number of fused-ring (bicyclic) bond motifs is 1. The second-order valence-corrected chi connectivity index (χ2v) is 10.4. The molecule has 2 heterocycles. The summed E-state index contributed by atoms with van der Waals surface area (Å²) in [5, 5.41) is 0.742. The van der Waals surface area contributed by atoms with Crippen LogP contribution in [0.5, 0.6) is 0 Å². The van der Waals surface area contributed by atoms with Crippen molar-refractivity contribution in [1.82, 2.24) is 9.29 Å². The smallest absolute Gasteiger partial charge is 0.339 e. The van der Waals surface area contributed by atoms with Crippen molar-refractivity contribution in [2.75, 3.05) is 13.1 Å². The quantitative estimate of drug-likeness (QED) is 0.300. The highest BCUT2D eigenvalue weighted by molar-refractivity contribution is 7.89. The van der Waals surface area contributed by atoms with Crippen molar-refractivity contribution in [3.63, 3.8) is 0 Å². The molecule has 1 fully saturated rings. The number of ketones is 1. The van der Waals surface area contributed by atoms with Crippen molar-refractivity contribution in [3.8, 4) is 0 Å². The van der Waals surface area contributed by atoms with Gasteiger partial charge in [-0.2, -0.15) is 4.31 Å². The van der Waals surface area contributed by atoms with E-state index in [9.17, 15) is 18.0 Å². The molecule has 0 bridgehead atoms. The normalized spacial score (nSPS) is 15.2. The molecule has 0 radical (unpaired) electrons. The second-order valence-electron chi connectivity index (χ2n) is 8.44. The van der Waals surface area contributed by atoms with Gasteiger partial charge in [0.15, 0.2) is 6.10 Å². The Balaban J connectivity index is 1.42. The Bertz CT molecular complexity index is 1470. The van der Waals surface area contributed by atoms with Crippen LogP contribution in [0.2, 0.25) is 0 Å². The highest BCUT2D eigenvalue weighted by atomic mass is 32.2. The first-order valence-corrected chi connectivity index (χ1v) is 12.9. The number of hydrogen-bond donors (Lipinski definition) is 1. The summed E-state index contributed by atoms with van der Waals surface area (Å²) < 4.78 is 32.7. The van der Waals surface area contributed by atoms with Crippen LogP contribution in [0.25, 0.3) is 10.9 Å². The fourth-order valence-corrected chi connectivity index (χ4v) is 5.85. The number of aromatic nitrogens is 1. The zero-order chi connectivity index (χ0) is 24.4. The van der Waals surface area contributed by atoms with Crippen LogP contribution in [0.1, 0.15) is 45.2 Å². The van der Waals surface area contributed by atoms with Crippen LogP contribution in [0.3, 0.4) is 0 Å². The molecule has 1 aliphatic heterocycles. The molecule has 1 aromatic heterocycles. The highest BCUT2D eigenvalue weighted by Gasteiger charge is 2.30. The number of hydrogen-bond acceptors (Lipinski definition) is 5. The first-order chi connectivity index (χ1) is 16.9. The molecule has 7 nitrogen and oxygen atoms in total. The van der Waals surface area contributed by atoms with Crippen LogP contribution in [-0.2, 0) is 14.8 Å². The van der Waals surface area contributed by atoms with Crippen molar-refractivity contribution in [2.24, 2.45) is 0 Å². The van der Waals surface area contributed by atoms with E-state index in [1.807, 2.05) is 30.3 Å². The zero-order valence-electron chi connectivity index (χ0n) is 18.9. The number of nitrogens with zero attached hydrogens (tertiary/aromatic N) is 1. The number of H-pyrrole nitrogens is 1. The second kappa shape index (κ2) is 9.48. The molecule has 178 valence electrons. The largest absolute Gasteiger partial charge is 0.445 e. The van der Waals surface area contributed by atoms with Crippen molar-refractivity contribution >= 4 is 32.7 Å². The molecule has 1 saturated heterocycles. The Morgan fingerprint density at radius 3 is 2.23 bits per heavy atom. The summed E-state index contributed by atoms with van der Waals surface area (Å²) in [6, 6.07) is 21.9. The average Bonchev–Trinajstić information content (AvgIpc) is 3.58. The molecule has 1 aliphatic rings. The lowest BCUT2D eigenvalue weighted by Gasteiger charge is -2.18. The Morgan fingerprint density at radius 2 is 1.51 bits per heavy atom. The maximum absolute atomic E-state index is 13.5. The van der Waals surface area contributed by atoms with E-state index in [1.54, 1.807) is 30.5 Å². The Hall–Kier alpha value is -3.75. The number of nitrogens with one attached hydrogen (secondary N) is 1. The first-order valence-electron chi connectivity index (χ1n) is 11.4. The average molecular weight is 489 g/mol. The van der Waals surface area contributed by atoms with Crippen molar-refractivity contribution < 1.29 is 22.7 Å². The molecule has 35 heavy (non-hydrogen) atoms. The SMILES string of the molecule is O=C(O[C@@H](C(=O)c1c[nH]c2ccccc12)c1ccccc1)c1ccc(S(=O)(=O)N2CCCC2)cc1. The van der Waals surface area contributed by atoms with E-state index in [1.165, 1.54) is 28.6 Å². The monoisotopic (exact) mass is 488 g/mol. The molecule has 0 spiro atoms. The molecular weight excluding hydrogens is 464 g/mol. The molecule has 8 heteroatoms. The lowest BCUT2D eigenvalue weighted by Crippen LogP contribution is -2.27. The number of ether oxygens (including phenoxy) is 1. The van der Waals surface area contributed by atoms with Gasteiger partial charge in [-0.15, -0.1) is 0 Å². The van der Waals surface area contributed by atoms with Gasteiger partial charge < -0.3 is 9.72 Å². The van der Waals surface area contributed by atoms with Gasteiger partial charge in [0.1, 0.15) is 0 Å². The van der Waals surface area contributed by atoms with Crippen LogP contribution in [0, 0.1) is 0 Å². The Morgan fingerprint density at radius 1 is 0.857 bits per heavy atom. The zero-order valence-corrected chi connectivity index (χ0v) is 19.7. The highest BCUT2D eigenvalue weighted by Crippen LogP contribution is 2.28. The van der Waals surface area contributed by atoms with E-state index in [0.29, 0.717) is 24.2 Å². The summed E-state index contributed by atoms with van der Waals surface area (Å²) in [6.45, 7) is 1.00. The standard InChI is InChI=1S/C27H24N2O5S/c30-25(23-18-28-24-11-5-4-10-22(23)24)26(19-8-2-1-3-9-19)34-27(31)20-12-14-21(15-13-20)35(32,33)29-16-6-7-17-29/h1-5,8-15,18,26,28H,6-7,16-17H2/t26-/m1/s1. The molecule has 1 atom stereocenters. The molecule has 0 aliphatic carbocycles. The molecule has 0 amide bonds. The van der Waals surface area contributed by atoms with E-state index in [2.05, 4.69) is 4.98 Å². The maximum atomic E-state index is 13.5. The minimum atomic E-state index is -3.59. The summed E-state index contributed by atoms with van der Waals surface area (Å²) in [6.07, 6.45) is 2.15.